The monoisotopic (exact) mass is 322 g/mol. The molecule has 0 aromatic heterocycles. The van der Waals surface area contributed by atoms with E-state index in [1.807, 2.05) is 30.3 Å². The third-order valence-electron chi connectivity index (χ3n) is 4.09. The van der Waals surface area contributed by atoms with Crippen molar-refractivity contribution in [1.82, 2.24) is 10.2 Å². The van der Waals surface area contributed by atoms with Gasteiger partial charge in [-0.1, -0.05) is 30.3 Å². The number of hydrogen-bond donors (Lipinski definition) is 1. The van der Waals surface area contributed by atoms with Crippen LogP contribution in [0.25, 0.3) is 0 Å². The SMILES string of the molecule is CN1C(=O)CC(CCCNC(=O)CCl)(c2ccccc2)C1=O. The number of hydrogen-bond acceptors (Lipinski definition) is 3. The Morgan fingerprint density at radius 1 is 1.32 bits per heavy atom. The lowest BCUT2D eigenvalue weighted by Crippen LogP contribution is -2.37. The largest absolute Gasteiger partial charge is 0.355 e. The average molecular weight is 323 g/mol. The van der Waals surface area contributed by atoms with Gasteiger partial charge >= 0.3 is 0 Å². The van der Waals surface area contributed by atoms with Crippen LogP contribution in [0, 0.1) is 0 Å². The van der Waals surface area contributed by atoms with Gasteiger partial charge < -0.3 is 5.32 Å². The van der Waals surface area contributed by atoms with E-state index >= 15 is 0 Å². The minimum absolute atomic E-state index is 0.0794. The zero-order valence-corrected chi connectivity index (χ0v) is 13.2. The van der Waals surface area contributed by atoms with Gasteiger partial charge in [0.1, 0.15) is 5.88 Å². The molecule has 1 aromatic carbocycles. The molecule has 1 aromatic rings. The zero-order chi connectivity index (χ0) is 16.2. The minimum Gasteiger partial charge on any atom is -0.355 e. The summed E-state index contributed by atoms with van der Waals surface area (Å²) in [6.07, 6.45) is 1.29. The van der Waals surface area contributed by atoms with Gasteiger partial charge in [-0.2, -0.15) is 0 Å². The smallest absolute Gasteiger partial charge is 0.240 e. The van der Waals surface area contributed by atoms with Crippen LogP contribution in [0.3, 0.4) is 0 Å². The molecule has 118 valence electrons. The number of amides is 3. The molecule has 0 radical (unpaired) electrons. The highest BCUT2D eigenvalue weighted by Crippen LogP contribution is 2.39. The number of carbonyl (C=O) groups is 3. The first kappa shape index (κ1) is 16.5. The van der Waals surface area contributed by atoms with Crippen molar-refractivity contribution in [1.29, 1.82) is 0 Å². The van der Waals surface area contributed by atoms with Crippen LogP contribution in [-0.2, 0) is 19.8 Å². The molecule has 1 N–H and O–H groups in total. The summed E-state index contributed by atoms with van der Waals surface area (Å²) in [7, 11) is 1.52. The van der Waals surface area contributed by atoms with Crippen LogP contribution in [-0.4, -0.2) is 42.1 Å². The number of benzene rings is 1. The number of alkyl halides is 1. The van der Waals surface area contributed by atoms with E-state index in [4.69, 9.17) is 11.6 Å². The van der Waals surface area contributed by atoms with E-state index in [1.165, 1.54) is 11.9 Å². The third-order valence-corrected chi connectivity index (χ3v) is 4.33. The van der Waals surface area contributed by atoms with Gasteiger partial charge in [-0.05, 0) is 18.4 Å². The summed E-state index contributed by atoms with van der Waals surface area (Å²) in [4.78, 5) is 37.0. The van der Waals surface area contributed by atoms with Crippen molar-refractivity contribution in [3.63, 3.8) is 0 Å². The van der Waals surface area contributed by atoms with Gasteiger partial charge in [0.2, 0.25) is 17.7 Å². The summed E-state index contributed by atoms with van der Waals surface area (Å²) in [5.41, 5.74) is 0.0278. The number of rotatable bonds is 6. The molecular weight excluding hydrogens is 304 g/mol. The first-order valence-corrected chi connectivity index (χ1v) is 7.74. The Morgan fingerprint density at radius 2 is 2.00 bits per heavy atom. The Kier molecular flexibility index (Phi) is 5.19. The highest BCUT2D eigenvalue weighted by Gasteiger charge is 2.50. The molecule has 1 aliphatic heterocycles. The number of imide groups is 1. The lowest BCUT2D eigenvalue weighted by atomic mass is 9.75. The van der Waals surface area contributed by atoms with E-state index in [-0.39, 0.29) is 30.0 Å². The topological polar surface area (TPSA) is 66.5 Å². The summed E-state index contributed by atoms with van der Waals surface area (Å²) in [6, 6.07) is 9.36. The van der Waals surface area contributed by atoms with Gasteiger partial charge in [-0.3, -0.25) is 19.3 Å². The van der Waals surface area contributed by atoms with Gasteiger partial charge in [-0.15, -0.1) is 11.6 Å². The van der Waals surface area contributed by atoms with Gasteiger partial charge in [-0.25, -0.2) is 0 Å². The maximum absolute atomic E-state index is 12.6. The molecule has 6 heteroatoms. The van der Waals surface area contributed by atoms with Crippen LogP contribution in [0.15, 0.2) is 30.3 Å². The Hall–Kier alpha value is -1.88. The molecule has 0 spiro atoms. The average Bonchev–Trinajstić information content (AvgIpc) is 2.77. The molecule has 3 amide bonds. The fourth-order valence-electron chi connectivity index (χ4n) is 2.87. The van der Waals surface area contributed by atoms with Gasteiger partial charge in [0.25, 0.3) is 0 Å². The number of halogens is 1. The molecule has 1 aliphatic rings. The highest BCUT2D eigenvalue weighted by molar-refractivity contribution is 6.27. The van der Waals surface area contributed by atoms with E-state index in [9.17, 15) is 14.4 Å². The molecule has 22 heavy (non-hydrogen) atoms. The zero-order valence-electron chi connectivity index (χ0n) is 12.5. The second-order valence-corrected chi connectivity index (χ2v) is 5.74. The van der Waals surface area contributed by atoms with Crippen molar-refractivity contribution in [3.8, 4) is 0 Å². The van der Waals surface area contributed by atoms with Crippen LogP contribution >= 0.6 is 11.6 Å². The molecule has 1 atom stereocenters. The first-order valence-electron chi connectivity index (χ1n) is 7.20. The van der Waals surface area contributed by atoms with Crippen LogP contribution in [0.4, 0.5) is 0 Å². The molecule has 0 bridgehead atoms. The Labute approximate surface area is 134 Å². The fourth-order valence-corrected chi connectivity index (χ4v) is 2.97. The summed E-state index contributed by atoms with van der Waals surface area (Å²) in [5, 5.41) is 2.68. The molecule has 1 saturated heterocycles. The van der Waals surface area contributed by atoms with E-state index in [2.05, 4.69) is 5.32 Å². The number of nitrogens with zero attached hydrogens (tertiary/aromatic N) is 1. The number of nitrogens with one attached hydrogen (secondary N) is 1. The normalized spacial score (nSPS) is 21.3. The Balaban J connectivity index is 2.16. The molecule has 2 rings (SSSR count). The first-order chi connectivity index (χ1) is 10.5. The predicted octanol–water partition coefficient (Wildman–Crippen LogP) is 1.45. The number of likely N-dealkylation sites (tertiary alicyclic amines) is 1. The van der Waals surface area contributed by atoms with Crippen LogP contribution in [0.1, 0.15) is 24.8 Å². The molecular formula is C16H19ClN2O3. The third kappa shape index (κ3) is 3.14. The van der Waals surface area contributed by atoms with Crippen molar-refractivity contribution >= 4 is 29.3 Å². The van der Waals surface area contributed by atoms with E-state index in [0.29, 0.717) is 19.4 Å². The summed E-state index contributed by atoms with van der Waals surface area (Å²) in [6.45, 7) is 0.436. The second-order valence-electron chi connectivity index (χ2n) is 5.47. The summed E-state index contributed by atoms with van der Waals surface area (Å²) >= 11 is 5.43. The molecule has 5 nitrogen and oxygen atoms in total. The van der Waals surface area contributed by atoms with Crippen LogP contribution in [0.5, 0.6) is 0 Å². The van der Waals surface area contributed by atoms with E-state index in [1.54, 1.807) is 0 Å². The molecule has 0 saturated carbocycles. The molecule has 0 aliphatic carbocycles. The number of likely N-dealkylation sites (N-methyl/N-ethyl adjacent to an activating group) is 1. The van der Waals surface area contributed by atoms with Crippen molar-refractivity contribution in [3.05, 3.63) is 35.9 Å². The Bertz CT molecular complexity index is 576. The lowest BCUT2D eigenvalue weighted by Gasteiger charge is -2.27. The van der Waals surface area contributed by atoms with Gasteiger partial charge in [0.05, 0.1) is 5.41 Å². The van der Waals surface area contributed by atoms with E-state index in [0.717, 1.165) is 5.56 Å². The molecule has 1 heterocycles. The summed E-state index contributed by atoms with van der Waals surface area (Å²) < 4.78 is 0. The fraction of sp³-hybridized carbons (Fsp3) is 0.438. The van der Waals surface area contributed by atoms with Crippen LogP contribution in [0.2, 0.25) is 0 Å². The quantitative estimate of drug-likeness (QED) is 0.490. The second kappa shape index (κ2) is 6.92. The van der Waals surface area contributed by atoms with Crippen molar-refractivity contribution in [2.24, 2.45) is 0 Å². The van der Waals surface area contributed by atoms with Crippen molar-refractivity contribution in [2.45, 2.75) is 24.7 Å². The van der Waals surface area contributed by atoms with Crippen LogP contribution < -0.4 is 5.32 Å². The predicted molar refractivity (Wildman–Crippen MR) is 83.5 cm³/mol. The van der Waals surface area contributed by atoms with Crippen molar-refractivity contribution < 1.29 is 14.4 Å². The van der Waals surface area contributed by atoms with Gasteiger partial charge in [0.15, 0.2) is 0 Å². The minimum atomic E-state index is -0.821. The van der Waals surface area contributed by atoms with Crippen molar-refractivity contribution in [2.75, 3.05) is 19.5 Å². The summed E-state index contributed by atoms with van der Waals surface area (Å²) in [5.74, 6) is -0.656. The maximum atomic E-state index is 12.6. The molecule has 1 unspecified atom stereocenters. The molecule has 1 fully saturated rings. The van der Waals surface area contributed by atoms with E-state index < -0.39 is 5.41 Å². The Morgan fingerprint density at radius 3 is 2.55 bits per heavy atom. The lowest BCUT2D eigenvalue weighted by molar-refractivity contribution is -0.138. The highest BCUT2D eigenvalue weighted by atomic mass is 35.5. The number of carbonyl (C=O) groups excluding carboxylic acids is 3. The standard InChI is InChI=1S/C16H19ClN2O3/c1-19-14(21)10-16(15(19)22,12-6-3-2-4-7-12)8-5-9-18-13(20)11-17/h2-4,6-7H,5,8-11H2,1H3,(H,18,20). The van der Waals surface area contributed by atoms with Gasteiger partial charge in [0, 0.05) is 20.0 Å². The maximum Gasteiger partial charge on any atom is 0.240 e.